The number of hydroxylamine groups is 2. The number of hydrogen-bond acceptors (Lipinski definition) is 5. The van der Waals surface area contributed by atoms with Crippen LogP contribution in [0.15, 0.2) is 42.6 Å². The molecule has 0 bridgehead atoms. The van der Waals surface area contributed by atoms with E-state index < -0.39 is 35.1 Å². The van der Waals surface area contributed by atoms with Crippen LogP contribution < -0.4 is 4.90 Å². The topological polar surface area (TPSA) is 79.8 Å². The van der Waals surface area contributed by atoms with Crippen molar-refractivity contribution in [3.63, 3.8) is 0 Å². The van der Waals surface area contributed by atoms with Crippen molar-refractivity contribution in [1.29, 1.82) is 0 Å². The van der Waals surface area contributed by atoms with Gasteiger partial charge in [-0.15, -0.1) is 5.06 Å². The van der Waals surface area contributed by atoms with Crippen molar-refractivity contribution in [2.75, 3.05) is 4.90 Å². The Morgan fingerprint density at radius 1 is 1.18 bits per heavy atom. The standard InChI is InChI=1S/C19H17F2N3O4/c1-3-6-16(25)28-24-18(27)23(15-7-4-5-8-22-15)17(26)19(24,2)12-9-13(20)11-14(21)10-12/h4-5,7-11H,3,6H2,1-2H3. The first-order valence-electron chi connectivity index (χ1n) is 8.56. The van der Waals surface area contributed by atoms with Crippen LogP contribution in [0.5, 0.6) is 0 Å². The highest BCUT2D eigenvalue weighted by Crippen LogP contribution is 2.39. The summed E-state index contributed by atoms with van der Waals surface area (Å²) in [6.07, 6.45) is 1.82. The van der Waals surface area contributed by atoms with Gasteiger partial charge in [0.05, 0.1) is 0 Å². The van der Waals surface area contributed by atoms with Gasteiger partial charge in [0.25, 0.3) is 5.91 Å². The quantitative estimate of drug-likeness (QED) is 0.733. The third-order valence-electron chi connectivity index (χ3n) is 4.34. The molecule has 9 heteroatoms. The molecule has 0 radical (unpaired) electrons. The van der Waals surface area contributed by atoms with E-state index in [1.807, 2.05) is 0 Å². The molecule has 0 spiro atoms. The molecule has 1 fully saturated rings. The number of urea groups is 1. The molecule has 1 atom stereocenters. The summed E-state index contributed by atoms with van der Waals surface area (Å²) in [6, 6.07) is 6.05. The molecule has 2 heterocycles. The van der Waals surface area contributed by atoms with Gasteiger partial charge in [0.2, 0.25) is 0 Å². The second kappa shape index (κ2) is 7.34. The van der Waals surface area contributed by atoms with E-state index >= 15 is 0 Å². The lowest BCUT2D eigenvalue weighted by molar-refractivity contribution is -0.193. The summed E-state index contributed by atoms with van der Waals surface area (Å²) >= 11 is 0. The van der Waals surface area contributed by atoms with Gasteiger partial charge in [-0.3, -0.25) is 4.79 Å². The van der Waals surface area contributed by atoms with Crippen LogP contribution in [0.25, 0.3) is 0 Å². The van der Waals surface area contributed by atoms with Crippen molar-refractivity contribution in [2.24, 2.45) is 0 Å². The van der Waals surface area contributed by atoms with Gasteiger partial charge in [-0.1, -0.05) is 13.0 Å². The third kappa shape index (κ3) is 3.19. The van der Waals surface area contributed by atoms with Crippen molar-refractivity contribution in [3.05, 3.63) is 59.8 Å². The second-order valence-electron chi connectivity index (χ2n) is 6.35. The lowest BCUT2D eigenvalue weighted by Gasteiger charge is -2.29. The normalized spacial score (nSPS) is 19.3. The van der Waals surface area contributed by atoms with Crippen LogP contribution in [-0.2, 0) is 20.0 Å². The molecule has 0 N–H and O–H groups in total. The lowest BCUT2D eigenvalue weighted by atomic mass is 9.91. The Hall–Kier alpha value is -3.36. The van der Waals surface area contributed by atoms with E-state index in [2.05, 4.69) is 4.98 Å². The Bertz CT molecular complexity index is 918. The molecule has 1 unspecified atom stereocenters. The van der Waals surface area contributed by atoms with Crippen LogP contribution in [0.4, 0.5) is 19.4 Å². The van der Waals surface area contributed by atoms with Crippen LogP contribution in [-0.4, -0.2) is 28.0 Å². The number of carbonyl (C=O) groups excluding carboxylic acids is 3. The summed E-state index contributed by atoms with van der Waals surface area (Å²) in [5, 5.41) is 0.552. The molecule has 0 saturated carbocycles. The summed E-state index contributed by atoms with van der Waals surface area (Å²) in [6.45, 7) is 2.99. The van der Waals surface area contributed by atoms with Gasteiger partial charge in [-0.2, -0.15) is 0 Å². The fraction of sp³-hybridized carbons (Fsp3) is 0.263. The number of benzene rings is 1. The number of hydrogen-bond donors (Lipinski definition) is 0. The van der Waals surface area contributed by atoms with Crippen molar-refractivity contribution in [2.45, 2.75) is 32.2 Å². The number of anilines is 1. The highest BCUT2D eigenvalue weighted by Gasteiger charge is 2.59. The average Bonchev–Trinajstić information content (AvgIpc) is 2.83. The molecule has 7 nitrogen and oxygen atoms in total. The molecule has 146 valence electrons. The zero-order chi connectivity index (χ0) is 20.5. The molecule has 2 aromatic rings. The van der Waals surface area contributed by atoms with E-state index in [9.17, 15) is 23.2 Å². The maximum Gasteiger partial charge on any atom is 0.367 e. The summed E-state index contributed by atoms with van der Waals surface area (Å²) in [5.74, 6) is -3.49. The minimum absolute atomic E-state index is 0.00481. The first kappa shape index (κ1) is 19.4. The van der Waals surface area contributed by atoms with Crippen LogP contribution in [0.2, 0.25) is 0 Å². The number of nitrogens with zero attached hydrogens (tertiary/aromatic N) is 3. The molecule has 3 amide bonds. The smallest absolute Gasteiger partial charge is 0.335 e. The van der Waals surface area contributed by atoms with Crippen LogP contribution in [0.3, 0.4) is 0 Å². The Labute approximate surface area is 159 Å². The maximum atomic E-state index is 13.8. The van der Waals surface area contributed by atoms with Gasteiger partial charge in [0, 0.05) is 18.7 Å². The predicted molar refractivity (Wildman–Crippen MR) is 93.7 cm³/mol. The maximum absolute atomic E-state index is 13.8. The SMILES string of the molecule is CCCC(=O)ON1C(=O)N(c2ccccn2)C(=O)C1(C)c1cc(F)cc(F)c1. The number of halogens is 2. The molecule has 1 aliphatic rings. The summed E-state index contributed by atoms with van der Waals surface area (Å²) < 4.78 is 27.6. The first-order valence-corrected chi connectivity index (χ1v) is 8.56. The second-order valence-corrected chi connectivity index (χ2v) is 6.35. The van der Waals surface area contributed by atoms with Crippen molar-refractivity contribution < 1.29 is 28.0 Å². The van der Waals surface area contributed by atoms with Gasteiger partial charge in [-0.05, 0) is 43.2 Å². The van der Waals surface area contributed by atoms with E-state index in [-0.39, 0.29) is 17.8 Å². The highest BCUT2D eigenvalue weighted by molar-refractivity contribution is 6.22. The molecule has 1 aromatic heterocycles. The summed E-state index contributed by atoms with van der Waals surface area (Å²) in [5.41, 5.74) is -2.15. The number of pyridine rings is 1. The van der Waals surface area contributed by atoms with Crippen LogP contribution >= 0.6 is 0 Å². The lowest BCUT2D eigenvalue weighted by Crippen LogP contribution is -2.45. The van der Waals surface area contributed by atoms with Gasteiger partial charge in [0.15, 0.2) is 5.54 Å². The molecular weight excluding hydrogens is 372 g/mol. The molecular formula is C19H17F2N3O4. The monoisotopic (exact) mass is 389 g/mol. The minimum Gasteiger partial charge on any atom is -0.335 e. The minimum atomic E-state index is -1.97. The molecule has 1 aromatic carbocycles. The Morgan fingerprint density at radius 2 is 1.86 bits per heavy atom. The zero-order valence-corrected chi connectivity index (χ0v) is 15.2. The largest absolute Gasteiger partial charge is 0.367 e. The van der Waals surface area contributed by atoms with E-state index in [1.54, 1.807) is 19.1 Å². The first-order chi connectivity index (χ1) is 13.3. The van der Waals surface area contributed by atoms with Gasteiger partial charge >= 0.3 is 12.0 Å². The van der Waals surface area contributed by atoms with E-state index in [0.29, 0.717) is 22.5 Å². The van der Waals surface area contributed by atoms with E-state index in [1.165, 1.54) is 19.2 Å². The highest BCUT2D eigenvalue weighted by atomic mass is 19.1. The molecule has 28 heavy (non-hydrogen) atoms. The van der Waals surface area contributed by atoms with E-state index in [0.717, 1.165) is 12.1 Å². The number of rotatable bonds is 5. The molecule has 0 aliphatic carbocycles. The van der Waals surface area contributed by atoms with Gasteiger partial charge in [-0.25, -0.2) is 28.3 Å². The molecule has 1 aliphatic heterocycles. The number of carbonyl (C=O) groups is 3. The fourth-order valence-electron chi connectivity index (χ4n) is 2.92. The van der Waals surface area contributed by atoms with Gasteiger partial charge in [0.1, 0.15) is 17.5 Å². The molecule has 1 saturated heterocycles. The van der Waals surface area contributed by atoms with Crippen LogP contribution in [0, 0.1) is 11.6 Å². The summed E-state index contributed by atoms with van der Waals surface area (Å²) in [4.78, 5) is 48.0. The van der Waals surface area contributed by atoms with E-state index in [4.69, 9.17) is 4.84 Å². The average molecular weight is 389 g/mol. The number of amides is 3. The van der Waals surface area contributed by atoms with Crippen molar-refractivity contribution >= 4 is 23.7 Å². The zero-order valence-electron chi connectivity index (χ0n) is 15.2. The summed E-state index contributed by atoms with van der Waals surface area (Å²) in [7, 11) is 0. The molecule has 3 rings (SSSR count). The van der Waals surface area contributed by atoms with Crippen molar-refractivity contribution in [1.82, 2.24) is 10.0 Å². The number of aromatic nitrogens is 1. The Balaban J connectivity index is 2.13. The Morgan fingerprint density at radius 3 is 2.43 bits per heavy atom. The van der Waals surface area contributed by atoms with Crippen LogP contribution in [0.1, 0.15) is 32.3 Å². The van der Waals surface area contributed by atoms with Crippen molar-refractivity contribution in [3.8, 4) is 0 Å². The number of imide groups is 1. The van der Waals surface area contributed by atoms with Gasteiger partial charge < -0.3 is 4.84 Å². The fourth-order valence-corrected chi connectivity index (χ4v) is 2.92. The predicted octanol–water partition coefficient (Wildman–Crippen LogP) is 3.30. The Kier molecular flexibility index (Phi) is 5.08. The third-order valence-corrected chi connectivity index (χ3v) is 4.34.